The highest BCUT2D eigenvalue weighted by Crippen LogP contribution is 2.60. The van der Waals surface area contributed by atoms with E-state index in [0.717, 1.165) is 80.6 Å². The molecule has 0 radical (unpaired) electrons. The molecule has 2 N–H and O–H groups in total. The number of aromatic nitrogens is 1. The van der Waals surface area contributed by atoms with Crippen molar-refractivity contribution in [3.63, 3.8) is 0 Å². The number of allylic oxidation sites excluding steroid dienone is 3. The molecule has 0 aliphatic heterocycles. The molecule has 5 rings (SSSR count). The fourth-order valence-corrected chi connectivity index (χ4v) is 8.98. The van der Waals surface area contributed by atoms with Crippen molar-refractivity contribution >= 4 is 5.97 Å². The topological polar surface area (TPSA) is 92.8 Å². The summed E-state index contributed by atoms with van der Waals surface area (Å²) < 4.78 is 12.7. The summed E-state index contributed by atoms with van der Waals surface area (Å²) in [6, 6.07) is 0. The molecule has 1 heterocycles. The summed E-state index contributed by atoms with van der Waals surface area (Å²) in [4.78, 5) is 17.9. The monoisotopic (exact) mass is 621 g/mol. The molecule has 0 bridgehead atoms. The molecule has 0 aromatic carbocycles. The van der Waals surface area contributed by atoms with Crippen LogP contribution in [0.5, 0.6) is 0 Å². The molecule has 250 valence electrons. The van der Waals surface area contributed by atoms with Gasteiger partial charge in [-0.3, -0.25) is 4.79 Å². The van der Waals surface area contributed by atoms with Crippen molar-refractivity contribution < 1.29 is 24.2 Å². The van der Waals surface area contributed by atoms with Gasteiger partial charge < -0.3 is 19.4 Å². The standard InChI is InChI=1S/C39H59NO5/c1-7-9-12-31-24-40-37(44-31)39(20-21-39)35(45-36(43)25(3)8-2)18-13-26(4)32-16-17-33-28(11-10-19-38(32,33)6)14-15-29-22-30(41)23-34(42)27(29)5/h14-15,24-26,30,32-35,41-42H,5,7-13,16-23H2,1-4,6H3/t25?,26-,30-,32-,33+,34+,35+,38-/m1/s1. The van der Waals surface area contributed by atoms with Crippen molar-refractivity contribution in [1.29, 1.82) is 0 Å². The number of hydrogen-bond donors (Lipinski definition) is 2. The second-order valence-electron chi connectivity index (χ2n) is 15.3. The van der Waals surface area contributed by atoms with Crippen molar-refractivity contribution in [3.05, 3.63) is 53.3 Å². The first kappa shape index (κ1) is 34.2. The fraction of sp³-hybridized carbons (Fsp3) is 0.744. The normalized spacial score (nSPS) is 33.2. The van der Waals surface area contributed by atoms with Crippen LogP contribution in [0.3, 0.4) is 0 Å². The van der Waals surface area contributed by atoms with E-state index in [9.17, 15) is 15.0 Å². The van der Waals surface area contributed by atoms with E-state index in [-0.39, 0.29) is 28.8 Å². The highest BCUT2D eigenvalue weighted by molar-refractivity contribution is 5.72. The first-order valence-electron chi connectivity index (χ1n) is 18.1. The Morgan fingerprint density at radius 2 is 1.96 bits per heavy atom. The van der Waals surface area contributed by atoms with Gasteiger partial charge in [0.2, 0.25) is 5.89 Å². The Kier molecular flexibility index (Phi) is 10.9. The van der Waals surface area contributed by atoms with Crippen LogP contribution in [0.15, 0.2) is 46.1 Å². The number of carbonyl (C=O) groups is 1. The summed E-state index contributed by atoms with van der Waals surface area (Å²) in [5.74, 6) is 3.21. The quantitative estimate of drug-likeness (QED) is 0.214. The molecular formula is C39H59NO5. The maximum atomic E-state index is 13.1. The highest BCUT2D eigenvalue weighted by Gasteiger charge is 2.57. The lowest BCUT2D eigenvalue weighted by atomic mass is 9.60. The van der Waals surface area contributed by atoms with Gasteiger partial charge in [-0.25, -0.2) is 4.98 Å². The summed E-state index contributed by atoms with van der Waals surface area (Å²) in [7, 11) is 0. The number of carbonyl (C=O) groups excluding carboxylic acids is 1. The first-order chi connectivity index (χ1) is 21.5. The van der Waals surface area contributed by atoms with Crippen LogP contribution in [0.1, 0.15) is 136 Å². The lowest BCUT2D eigenvalue weighted by Crippen LogP contribution is -2.37. The van der Waals surface area contributed by atoms with Crippen LogP contribution in [0.25, 0.3) is 0 Å². The molecular weight excluding hydrogens is 562 g/mol. The lowest BCUT2D eigenvalue weighted by Gasteiger charge is -2.44. The lowest BCUT2D eigenvalue weighted by molar-refractivity contribution is -0.156. The second kappa shape index (κ2) is 14.3. The number of ether oxygens (including phenoxy) is 1. The number of nitrogens with zero attached hydrogens (tertiary/aromatic N) is 1. The Hall–Kier alpha value is -2.18. The third-order valence-corrected chi connectivity index (χ3v) is 12.3. The molecule has 1 aromatic heterocycles. The van der Waals surface area contributed by atoms with Gasteiger partial charge >= 0.3 is 5.97 Å². The van der Waals surface area contributed by atoms with Crippen LogP contribution >= 0.6 is 0 Å². The summed E-state index contributed by atoms with van der Waals surface area (Å²) in [5, 5.41) is 20.5. The molecule has 4 aliphatic rings. The van der Waals surface area contributed by atoms with Crippen LogP contribution in [0.4, 0.5) is 0 Å². The van der Waals surface area contributed by atoms with Gasteiger partial charge in [0.25, 0.3) is 0 Å². The van der Waals surface area contributed by atoms with E-state index in [1.165, 1.54) is 31.3 Å². The van der Waals surface area contributed by atoms with Crippen LogP contribution in [-0.4, -0.2) is 39.5 Å². The van der Waals surface area contributed by atoms with Crippen LogP contribution in [0.2, 0.25) is 0 Å². The maximum Gasteiger partial charge on any atom is 0.308 e. The molecule has 4 fully saturated rings. The average Bonchev–Trinajstić information content (AvgIpc) is 3.53. The van der Waals surface area contributed by atoms with Gasteiger partial charge in [-0.05, 0) is 111 Å². The van der Waals surface area contributed by atoms with Gasteiger partial charge in [0.05, 0.1) is 29.7 Å². The number of aliphatic hydroxyl groups excluding tert-OH is 2. The Bertz CT molecular complexity index is 1260. The Morgan fingerprint density at radius 1 is 1.18 bits per heavy atom. The number of fused-ring (bicyclic) bond motifs is 1. The van der Waals surface area contributed by atoms with E-state index < -0.39 is 12.2 Å². The number of unbranched alkanes of at least 4 members (excludes halogenated alkanes) is 1. The number of hydrogen-bond acceptors (Lipinski definition) is 6. The molecule has 45 heavy (non-hydrogen) atoms. The van der Waals surface area contributed by atoms with Crippen molar-refractivity contribution in [2.45, 2.75) is 155 Å². The minimum absolute atomic E-state index is 0.0936. The third-order valence-electron chi connectivity index (χ3n) is 12.3. The zero-order valence-corrected chi connectivity index (χ0v) is 28.7. The number of rotatable bonds is 13. The van der Waals surface area contributed by atoms with Crippen molar-refractivity contribution in [2.75, 3.05) is 0 Å². The molecule has 6 heteroatoms. The smallest absolute Gasteiger partial charge is 0.308 e. The van der Waals surface area contributed by atoms with E-state index in [0.29, 0.717) is 30.6 Å². The average molecular weight is 622 g/mol. The first-order valence-corrected chi connectivity index (χ1v) is 18.1. The minimum atomic E-state index is -0.651. The molecule has 8 atom stereocenters. The van der Waals surface area contributed by atoms with E-state index >= 15 is 0 Å². The Labute approximate surface area is 271 Å². The predicted octanol–water partition coefficient (Wildman–Crippen LogP) is 8.56. The van der Waals surface area contributed by atoms with Crippen molar-refractivity contribution in [1.82, 2.24) is 4.98 Å². The maximum absolute atomic E-state index is 13.1. The molecule has 1 aromatic rings. The Morgan fingerprint density at radius 3 is 2.67 bits per heavy atom. The molecule has 1 unspecified atom stereocenters. The van der Waals surface area contributed by atoms with Gasteiger partial charge in [0.15, 0.2) is 0 Å². The van der Waals surface area contributed by atoms with Crippen LogP contribution < -0.4 is 0 Å². The SMILES string of the molecule is C=C1C(=CC=C2CCC[C@]3(C)[C@@H]([C@H](C)CC[C@H](OC(=O)C(C)CC)C4(c5ncc(CCCC)o5)CC4)CC[C@@H]23)C[C@@H](O)C[C@@H]1O. The van der Waals surface area contributed by atoms with Crippen molar-refractivity contribution in [2.24, 2.45) is 29.1 Å². The van der Waals surface area contributed by atoms with Crippen LogP contribution in [-0.2, 0) is 21.4 Å². The van der Waals surface area contributed by atoms with Gasteiger partial charge in [-0.2, -0.15) is 0 Å². The van der Waals surface area contributed by atoms with E-state index in [1.807, 2.05) is 20.0 Å². The summed E-state index contributed by atoms with van der Waals surface area (Å²) in [6.45, 7) is 15.3. The highest BCUT2D eigenvalue weighted by atomic mass is 16.5. The molecule has 0 amide bonds. The number of oxazole rings is 1. The number of aryl methyl sites for hydroxylation is 1. The van der Waals surface area contributed by atoms with Gasteiger partial charge in [-0.1, -0.05) is 65.3 Å². The molecule has 4 saturated carbocycles. The van der Waals surface area contributed by atoms with E-state index in [2.05, 4.69) is 39.5 Å². The van der Waals surface area contributed by atoms with Crippen LogP contribution in [0, 0.1) is 29.1 Å². The van der Waals surface area contributed by atoms with E-state index in [4.69, 9.17) is 14.1 Å². The number of aliphatic hydroxyl groups is 2. The van der Waals surface area contributed by atoms with Gasteiger partial charge in [-0.15, -0.1) is 0 Å². The summed E-state index contributed by atoms with van der Waals surface area (Å²) >= 11 is 0. The fourth-order valence-electron chi connectivity index (χ4n) is 8.98. The third kappa shape index (κ3) is 7.22. The largest absolute Gasteiger partial charge is 0.461 e. The Balaban J connectivity index is 1.29. The zero-order valence-electron chi connectivity index (χ0n) is 28.7. The zero-order chi connectivity index (χ0) is 32.4. The minimum Gasteiger partial charge on any atom is -0.461 e. The summed E-state index contributed by atoms with van der Waals surface area (Å²) in [5.41, 5.74) is 3.23. The molecule has 4 aliphatic carbocycles. The van der Waals surface area contributed by atoms with Gasteiger partial charge in [0, 0.05) is 12.8 Å². The second-order valence-corrected chi connectivity index (χ2v) is 15.3. The molecule has 0 spiro atoms. The van der Waals surface area contributed by atoms with Gasteiger partial charge in [0.1, 0.15) is 11.9 Å². The predicted molar refractivity (Wildman–Crippen MR) is 178 cm³/mol. The van der Waals surface area contributed by atoms with E-state index in [1.54, 1.807) is 0 Å². The molecule has 0 saturated heterocycles. The molecule has 6 nitrogen and oxygen atoms in total. The van der Waals surface area contributed by atoms with Crippen molar-refractivity contribution in [3.8, 4) is 0 Å². The number of esters is 1. The summed E-state index contributed by atoms with van der Waals surface area (Å²) in [6.07, 6.45) is 19.6.